The maximum atomic E-state index is 5.69. The van der Waals surface area contributed by atoms with Crippen LogP contribution in [-0.4, -0.2) is 35.5 Å². The number of hydrazone groups is 1. The zero-order valence-electron chi connectivity index (χ0n) is 12.5. The highest BCUT2D eigenvalue weighted by Crippen LogP contribution is 2.25. The number of nitrogens with one attached hydrogen (secondary N) is 1. The Morgan fingerprint density at radius 3 is 2.48 bits per heavy atom. The molecule has 23 heavy (non-hydrogen) atoms. The number of hydrogen-bond acceptors (Lipinski definition) is 7. The summed E-state index contributed by atoms with van der Waals surface area (Å²) in [7, 11) is 2.99. The average molecular weight is 333 g/mol. The summed E-state index contributed by atoms with van der Waals surface area (Å²) in [6.45, 7) is 0. The highest BCUT2D eigenvalue weighted by Gasteiger charge is 2.09. The molecule has 0 bridgehead atoms. The number of nitrogens with two attached hydrogens (primary N) is 1. The van der Waals surface area contributed by atoms with Crippen LogP contribution in [0.1, 0.15) is 5.56 Å². The van der Waals surface area contributed by atoms with Crippen molar-refractivity contribution in [1.82, 2.24) is 15.4 Å². The summed E-state index contributed by atoms with van der Waals surface area (Å²) >= 11 is 4.68. The van der Waals surface area contributed by atoms with Crippen molar-refractivity contribution in [2.45, 2.75) is 0 Å². The molecule has 1 aromatic carbocycles. The average Bonchev–Trinajstić information content (AvgIpc) is 2.55. The predicted octanol–water partition coefficient (Wildman–Crippen LogP) is 1.45. The van der Waals surface area contributed by atoms with E-state index in [9.17, 15) is 0 Å². The number of rotatable bonds is 6. The molecule has 0 saturated heterocycles. The van der Waals surface area contributed by atoms with Gasteiger partial charge in [-0.1, -0.05) is 12.1 Å². The second-order valence-electron chi connectivity index (χ2n) is 4.11. The van der Waals surface area contributed by atoms with E-state index in [0.29, 0.717) is 23.1 Å². The highest BCUT2D eigenvalue weighted by atomic mass is 32.1. The first-order chi connectivity index (χ1) is 11.1. The van der Waals surface area contributed by atoms with Crippen molar-refractivity contribution in [2.75, 3.05) is 14.2 Å². The van der Waals surface area contributed by atoms with Crippen LogP contribution in [0.25, 0.3) is 0 Å². The van der Waals surface area contributed by atoms with Crippen LogP contribution in [0.4, 0.5) is 0 Å². The molecule has 0 atom stereocenters. The van der Waals surface area contributed by atoms with Crippen molar-refractivity contribution >= 4 is 23.5 Å². The smallest absolute Gasteiger partial charge is 0.328 e. The Morgan fingerprint density at radius 2 is 1.87 bits per heavy atom. The molecular formula is C14H15N5O3S. The van der Waals surface area contributed by atoms with Gasteiger partial charge in [0.05, 0.1) is 26.5 Å². The summed E-state index contributed by atoms with van der Waals surface area (Å²) in [6.07, 6.45) is 1.52. The zero-order valence-corrected chi connectivity index (χ0v) is 13.3. The van der Waals surface area contributed by atoms with Crippen molar-refractivity contribution in [2.24, 2.45) is 10.8 Å². The Labute approximate surface area is 138 Å². The Bertz CT molecular complexity index is 701. The van der Waals surface area contributed by atoms with Crippen LogP contribution in [0.5, 0.6) is 23.5 Å². The fourth-order valence-corrected chi connectivity index (χ4v) is 1.64. The first-order valence-corrected chi connectivity index (χ1v) is 6.85. The van der Waals surface area contributed by atoms with Gasteiger partial charge in [0.1, 0.15) is 5.75 Å². The first-order valence-electron chi connectivity index (χ1n) is 6.45. The number of ether oxygens (including phenoxy) is 3. The van der Waals surface area contributed by atoms with Crippen molar-refractivity contribution < 1.29 is 14.2 Å². The molecular weight excluding hydrogens is 318 g/mol. The SMILES string of the molecule is COc1cc(OC)nc(Oc2ccccc2C=NNC(N)=S)n1. The number of hydrogen-bond donors (Lipinski definition) is 2. The quantitative estimate of drug-likeness (QED) is 0.465. The summed E-state index contributed by atoms with van der Waals surface area (Å²) < 4.78 is 15.8. The van der Waals surface area contributed by atoms with Crippen LogP contribution >= 0.6 is 12.2 Å². The highest BCUT2D eigenvalue weighted by molar-refractivity contribution is 7.80. The predicted molar refractivity (Wildman–Crippen MR) is 89.2 cm³/mol. The molecule has 0 spiro atoms. The van der Waals surface area contributed by atoms with Gasteiger partial charge in [-0.3, -0.25) is 5.43 Å². The molecule has 0 fully saturated rings. The van der Waals surface area contributed by atoms with E-state index < -0.39 is 0 Å². The normalized spacial score (nSPS) is 10.3. The van der Waals surface area contributed by atoms with Crippen LogP contribution in [0.3, 0.4) is 0 Å². The fourth-order valence-electron chi connectivity index (χ4n) is 1.58. The third-order valence-electron chi connectivity index (χ3n) is 2.58. The van der Waals surface area contributed by atoms with E-state index in [2.05, 4.69) is 32.7 Å². The van der Waals surface area contributed by atoms with Gasteiger partial charge in [0, 0.05) is 5.56 Å². The molecule has 1 heterocycles. The van der Waals surface area contributed by atoms with E-state index in [0.717, 1.165) is 0 Å². The molecule has 9 heteroatoms. The lowest BCUT2D eigenvalue weighted by molar-refractivity contribution is 0.348. The van der Waals surface area contributed by atoms with Crippen molar-refractivity contribution in [1.29, 1.82) is 0 Å². The van der Waals surface area contributed by atoms with E-state index in [1.54, 1.807) is 18.2 Å². The lowest BCUT2D eigenvalue weighted by atomic mass is 10.2. The molecule has 3 N–H and O–H groups in total. The monoisotopic (exact) mass is 333 g/mol. The van der Waals surface area contributed by atoms with Gasteiger partial charge in [0.15, 0.2) is 5.11 Å². The summed E-state index contributed by atoms with van der Waals surface area (Å²) in [4.78, 5) is 8.22. The van der Waals surface area contributed by atoms with E-state index in [4.69, 9.17) is 19.9 Å². The second-order valence-corrected chi connectivity index (χ2v) is 4.55. The van der Waals surface area contributed by atoms with Crippen LogP contribution in [0.15, 0.2) is 35.4 Å². The number of benzene rings is 1. The fraction of sp³-hybridized carbons (Fsp3) is 0.143. The van der Waals surface area contributed by atoms with Crippen molar-refractivity contribution in [3.63, 3.8) is 0 Å². The topological polar surface area (TPSA) is 104 Å². The van der Waals surface area contributed by atoms with Gasteiger partial charge >= 0.3 is 6.01 Å². The summed E-state index contributed by atoms with van der Waals surface area (Å²) in [6, 6.07) is 8.83. The van der Waals surface area contributed by atoms with E-state index in [-0.39, 0.29) is 11.1 Å². The molecule has 120 valence electrons. The summed E-state index contributed by atoms with van der Waals surface area (Å²) in [5.74, 6) is 1.15. The summed E-state index contributed by atoms with van der Waals surface area (Å²) in [5.41, 5.74) is 8.47. The molecule has 0 saturated carbocycles. The standard InChI is InChI=1S/C14H15N5O3S/c1-20-11-7-12(21-2)18-14(17-11)22-10-6-4-3-5-9(10)8-16-19-13(15)23/h3-8H,1-2H3,(H3,15,19,23). The van der Waals surface area contributed by atoms with Gasteiger partial charge < -0.3 is 19.9 Å². The van der Waals surface area contributed by atoms with Gasteiger partial charge in [0.2, 0.25) is 11.8 Å². The lowest BCUT2D eigenvalue weighted by Crippen LogP contribution is -2.24. The molecule has 2 rings (SSSR count). The van der Waals surface area contributed by atoms with E-state index >= 15 is 0 Å². The van der Waals surface area contributed by atoms with Gasteiger partial charge in [-0.2, -0.15) is 15.1 Å². The van der Waals surface area contributed by atoms with Gasteiger partial charge in [-0.25, -0.2) is 0 Å². The maximum absolute atomic E-state index is 5.69. The molecule has 8 nitrogen and oxygen atoms in total. The number of thiocarbonyl (C=S) groups is 1. The Balaban J connectivity index is 2.26. The zero-order chi connectivity index (χ0) is 16.7. The van der Waals surface area contributed by atoms with Crippen LogP contribution in [0, 0.1) is 0 Å². The minimum Gasteiger partial charge on any atom is -0.481 e. The molecule has 0 amide bonds. The minimum absolute atomic E-state index is 0.0699. The van der Waals surface area contributed by atoms with Crippen LogP contribution in [-0.2, 0) is 0 Å². The lowest BCUT2D eigenvalue weighted by Gasteiger charge is -2.09. The van der Waals surface area contributed by atoms with Crippen LogP contribution < -0.4 is 25.4 Å². The first kappa shape index (κ1) is 16.4. The Kier molecular flexibility index (Phi) is 5.64. The molecule has 0 unspecified atom stereocenters. The largest absolute Gasteiger partial charge is 0.481 e. The van der Waals surface area contributed by atoms with Gasteiger partial charge in [-0.05, 0) is 24.4 Å². The number of aromatic nitrogens is 2. The number of methoxy groups -OCH3 is 2. The molecule has 1 aromatic heterocycles. The molecule has 2 aromatic rings. The molecule has 0 radical (unpaired) electrons. The minimum atomic E-state index is 0.0699. The summed E-state index contributed by atoms with van der Waals surface area (Å²) in [5, 5.41) is 3.97. The van der Waals surface area contributed by atoms with Crippen LogP contribution in [0.2, 0.25) is 0 Å². The second kappa shape index (κ2) is 7.90. The molecule has 0 aliphatic heterocycles. The van der Waals surface area contributed by atoms with Gasteiger partial charge in [0.25, 0.3) is 0 Å². The molecule has 0 aliphatic rings. The Hall–Kier alpha value is -2.94. The third-order valence-corrected chi connectivity index (χ3v) is 2.67. The molecule has 0 aliphatic carbocycles. The Morgan fingerprint density at radius 1 is 1.22 bits per heavy atom. The number of para-hydroxylation sites is 1. The van der Waals surface area contributed by atoms with Crippen molar-refractivity contribution in [3.8, 4) is 23.5 Å². The number of nitrogens with zero attached hydrogens (tertiary/aromatic N) is 3. The van der Waals surface area contributed by atoms with Gasteiger partial charge in [-0.15, -0.1) is 0 Å². The third kappa shape index (κ3) is 4.78. The van der Waals surface area contributed by atoms with E-state index in [1.807, 2.05) is 12.1 Å². The van der Waals surface area contributed by atoms with Crippen molar-refractivity contribution in [3.05, 3.63) is 35.9 Å². The van der Waals surface area contributed by atoms with E-state index in [1.165, 1.54) is 20.4 Å². The maximum Gasteiger partial charge on any atom is 0.328 e.